The third-order valence-electron chi connectivity index (χ3n) is 7.71. The van der Waals surface area contributed by atoms with Crippen LogP contribution in [0.25, 0.3) is 22.3 Å². The molecule has 3 fully saturated rings. The average Bonchev–Trinajstić information content (AvgIpc) is 3.14. The van der Waals surface area contributed by atoms with Crippen molar-refractivity contribution in [1.29, 1.82) is 0 Å². The fourth-order valence-electron chi connectivity index (χ4n) is 6.12. The van der Waals surface area contributed by atoms with Crippen molar-refractivity contribution in [3.8, 4) is 11.4 Å². The molecule has 0 radical (unpaired) electrons. The van der Waals surface area contributed by atoms with E-state index >= 15 is 0 Å². The molecule has 4 aliphatic heterocycles. The van der Waals surface area contributed by atoms with Gasteiger partial charge in [0.2, 0.25) is 0 Å². The van der Waals surface area contributed by atoms with Gasteiger partial charge in [-0.25, -0.2) is 4.98 Å². The maximum atomic E-state index is 13.6. The molecule has 7 nitrogen and oxygen atoms in total. The van der Waals surface area contributed by atoms with Crippen LogP contribution in [0.5, 0.6) is 0 Å². The number of aliphatic hydroxyl groups is 1. The molecule has 6 heterocycles. The SMILES string of the molecule is O=C1Cc2cc3n(c(=O)c2C(CN2C[C@H]4C[C@@H](C2)C4O)O1)Cc1cc2ccccc2nc1-3. The minimum atomic E-state index is -0.568. The van der Waals surface area contributed by atoms with Crippen LogP contribution in [0.1, 0.15) is 29.2 Å². The van der Waals surface area contributed by atoms with Crippen LogP contribution in [0.15, 0.2) is 41.2 Å². The van der Waals surface area contributed by atoms with E-state index < -0.39 is 6.10 Å². The predicted octanol–water partition coefficient (Wildman–Crippen LogP) is 1.88. The zero-order chi connectivity index (χ0) is 21.6. The number of hydrogen-bond donors (Lipinski definition) is 1. The molecule has 1 N–H and O–H groups in total. The van der Waals surface area contributed by atoms with E-state index in [2.05, 4.69) is 11.0 Å². The van der Waals surface area contributed by atoms with Crippen LogP contribution in [0.3, 0.4) is 0 Å². The molecular weight excluding hydrogens is 406 g/mol. The van der Waals surface area contributed by atoms with E-state index in [1.54, 1.807) is 4.57 Å². The van der Waals surface area contributed by atoms with Crippen molar-refractivity contribution in [3.05, 3.63) is 63.4 Å². The summed E-state index contributed by atoms with van der Waals surface area (Å²) in [5, 5.41) is 11.1. The molecule has 4 atom stereocenters. The molecule has 3 aromatic rings. The van der Waals surface area contributed by atoms with Gasteiger partial charge in [0.15, 0.2) is 0 Å². The van der Waals surface area contributed by atoms with Crippen molar-refractivity contribution < 1.29 is 14.6 Å². The fraction of sp³-hybridized carbons (Fsp3) is 0.400. The highest BCUT2D eigenvalue weighted by Crippen LogP contribution is 2.41. The van der Waals surface area contributed by atoms with Crippen molar-refractivity contribution in [2.45, 2.75) is 31.6 Å². The molecule has 1 saturated carbocycles. The van der Waals surface area contributed by atoms with Crippen molar-refractivity contribution in [2.75, 3.05) is 19.6 Å². The lowest BCUT2D eigenvalue weighted by Crippen LogP contribution is -2.59. The summed E-state index contributed by atoms with van der Waals surface area (Å²) in [4.78, 5) is 33.1. The van der Waals surface area contributed by atoms with Gasteiger partial charge in [0.25, 0.3) is 5.56 Å². The van der Waals surface area contributed by atoms with Gasteiger partial charge >= 0.3 is 5.97 Å². The van der Waals surface area contributed by atoms with E-state index in [0.717, 1.165) is 52.9 Å². The second-order valence-electron chi connectivity index (χ2n) is 9.67. The summed E-state index contributed by atoms with van der Waals surface area (Å²) >= 11 is 0. The monoisotopic (exact) mass is 429 g/mol. The number of hydrogen-bond acceptors (Lipinski definition) is 6. The van der Waals surface area contributed by atoms with Gasteiger partial charge in [-0.2, -0.15) is 0 Å². The first-order chi connectivity index (χ1) is 15.5. The number of aliphatic hydroxyl groups excluding tert-OH is 1. The summed E-state index contributed by atoms with van der Waals surface area (Å²) in [5.41, 5.74) is 4.80. The molecule has 162 valence electrons. The molecule has 0 amide bonds. The van der Waals surface area contributed by atoms with Crippen LogP contribution in [0.4, 0.5) is 0 Å². The van der Waals surface area contributed by atoms with Gasteiger partial charge in [-0.05, 0) is 42.0 Å². The molecular formula is C25H23N3O4. The average molecular weight is 429 g/mol. The van der Waals surface area contributed by atoms with E-state index in [1.807, 2.05) is 30.3 Å². The highest BCUT2D eigenvalue weighted by atomic mass is 16.5. The predicted molar refractivity (Wildman–Crippen MR) is 117 cm³/mol. The Morgan fingerprint density at radius 1 is 1.09 bits per heavy atom. The number of esters is 1. The Labute approximate surface area is 184 Å². The number of carbonyl (C=O) groups is 1. The second-order valence-corrected chi connectivity index (χ2v) is 9.67. The third-order valence-corrected chi connectivity index (χ3v) is 7.71. The summed E-state index contributed by atoms with van der Waals surface area (Å²) in [6.07, 6.45) is 0.404. The van der Waals surface area contributed by atoms with Crippen molar-refractivity contribution in [1.82, 2.24) is 14.5 Å². The highest BCUT2D eigenvalue weighted by molar-refractivity contribution is 5.84. The van der Waals surface area contributed by atoms with E-state index in [4.69, 9.17) is 9.72 Å². The molecule has 2 bridgehead atoms. The highest BCUT2D eigenvalue weighted by Gasteiger charge is 2.46. The smallest absolute Gasteiger partial charge is 0.310 e. The van der Waals surface area contributed by atoms with Gasteiger partial charge in [-0.3, -0.25) is 14.5 Å². The van der Waals surface area contributed by atoms with Gasteiger partial charge in [0.05, 0.1) is 41.5 Å². The molecule has 2 unspecified atom stereocenters. The van der Waals surface area contributed by atoms with E-state index in [-0.39, 0.29) is 24.1 Å². The Morgan fingerprint density at radius 2 is 1.91 bits per heavy atom. The van der Waals surface area contributed by atoms with Crippen molar-refractivity contribution in [2.24, 2.45) is 11.8 Å². The Morgan fingerprint density at radius 3 is 2.72 bits per heavy atom. The zero-order valence-corrected chi connectivity index (χ0v) is 17.5. The summed E-state index contributed by atoms with van der Waals surface area (Å²) in [7, 11) is 0. The van der Waals surface area contributed by atoms with Crippen LogP contribution in [0.2, 0.25) is 0 Å². The second kappa shape index (κ2) is 6.49. The first kappa shape index (κ1) is 18.5. The Balaban J connectivity index is 1.29. The van der Waals surface area contributed by atoms with Gasteiger partial charge in [0.1, 0.15) is 6.10 Å². The minimum Gasteiger partial charge on any atom is -0.456 e. The standard InChI is InChI=1S/C25H23N3O4/c29-21-8-14-7-19-23-15(5-13-3-1-2-4-18(13)26-23)11-28(19)25(31)22(14)20(32-21)12-27-9-16-6-17(10-27)24(16)30/h1-5,7,16-17,20,24,30H,6,8-12H2/t16-,17+,20?,24?. The first-order valence-corrected chi connectivity index (χ1v) is 11.3. The molecule has 32 heavy (non-hydrogen) atoms. The lowest BCUT2D eigenvalue weighted by Gasteiger charge is -2.51. The van der Waals surface area contributed by atoms with Crippen LogP contribution >= 0.6 is 0 Å². The van der Waals surface area contributed by atoms with Crippen LogP contribution in [-0.2, 0) is 22.5 Å². The number of aromatic nitrogens is 2. The fourth-order valence-corrected chi connectivity index (χ4v) is 6.12. The third kappa shape index (κ3) is 2.58. The van der Waals surface area contributed by atoms with Gasteiger partial charge in [0, 0.05) is 30.6 Å². The van der Waals surface area contributed by atoms with Crippen molar-refractivity contribution >= 4 is 16.9 Å². The largest absolute Gasteiger partial charge is 0.456 e. The maximum Gasteiger partial charge on any atom is 0.310 e. The quantitative estimate of drug-likeness (QED) is 0.490. The van der Waals surface area contributed by atoms with E-state index in [9.17, 15) is 14.7 Å². The summed E-state index contributed by atoms with van der Waals surface area (Å²) in [6, 6.07) is 12.0. The minimum absolute atomic E-state index is 0.0840. The Hall–Kier alpha value is -3.03. The summed E-state index contributed by atoms with van der Waals surface area (Å²) in [5.74, 6) is 0.297. The number of para-hydroxylation sites is 1. The molecule has 0 spiro atoms. The van der Waals surface area contributed by atoms with Gasteiger partial charge in [-0.1, -0.05) is 18.2 Å². The summed E-state index contributed by atoms with van der Waals surface area (Å²) in [6.45, 7) is 2.56. The number of fused-ring (bicyclic) bond motifs is 7. The van der Waals surface area contributed by atoms with Crippen LogP contribution in [-0.4, -0.2) is 51.3 Å². The van der Waals surface area contributed by atoms with E-state index in [1.165, 1.54) is 0 Å². The Kier molecular flexibility index (Phi) is 3.76. The normalized spacial score (nSPS) is 28.0. The molecule has 8 rings (SSSR count). The van der Waals surface area contributed by atoms with Gasteiger partial charge < -0.3 is 14.4 Å². The number of pyridine rings is 2. The molecule has 2 aromatic heterocycles. The lowest BCUT2D eigenvalue weighted by atomic mass is 9.68. The number of rotatable bonds is 2. The number of benzene rings is 1. The van der Waals surface area contributed by atoms with Crippen molar-refractivity contribution in [3.63, 3.8) is 0 Å². The van der Waals surface area contributed by atoms with Crippen LogP contribution in [0, 0.1) is 11.8 Å². The maximum absolute atomic E-state index is 13.6. The molecule has 7 heteroatoms. The first-order valence-electron chi connectivity index (χ1n) is 11.3. The number of piperidine rings is 2. The molecule has 1 aliphatic carbocycles. The topological polar surface area (TPSA) is 84.7 Å². The van der Waals surface area contributed by atoms with E-state index in [0.29, 0.717) is 30.5 Å². The number of ether oxygens (including phenoxy) is 1. The summed E-state index contributed by atoms with van der Waals surface area (Å²) < 4.78 is 7.48. The number of carbonyl (C=O) groups excluding carboxylic acids is 1. The molecule has 5 aliphatic rings. The number of cyclic esters (lactones) is 1. The zero-order valence-electron chi connectivity index (χ0n) is 17.5. The number of nitrogens with zero attached hydrogens (tertiary/aromatic N) is 3. The molecule has 1 aromatic carbocycles. The lowest BCUT2D eigenvalue weighted by molar-refractivity contribution is -0.155. The molecule has 2 saturated heterocycles. The Bertz CT molecular complexity index is 1350. The van der Waals surface area contributed by atoms with Gasteiger partial charge in [-0.15, -0.1) is 0 Å². The van der Waals surface area contributed by atoms with Crippen LogP contribution < -0.4 is 5.56 Å².